The maximum Gasteiger partial charge on any atom is 0.158 e. The number of aliphatic hydroxyl groups excluding tert-OH is 1. The van der Waals surface area contributed by atoms with Gasteiger partial charge < -0.3 is 14.2 Å². The second-order valence-corrected chi connectivity index (χ2v) is 6.31. The van der Waals surface area contributed by atoms with Crippen molar-refractivity contribution in [2.75, 3.05) is 6.61 Å². The number of imidazole rings is 2. The minimum absolute atomic E-state index is 0.296. The third-order valence-corrected chi connectivity index (χ3v) is 4.53. The highest BCUT2D eigenvalue weighted by Crippen LogP contribution is 2.35. The maximum atomic E-state index is 9.44. The summed E-state index contributed by atoms with van der Waals surface area (Å²) in [6, 6.07) is 0.799. The van der Waals surface area contributed by atoms with E-state index in [1.54, 1.807) is 0 Å². The Morgan fingerprint density at radius 2 is 2.24 bits per heavy atom. The summed E-state index contributed by atoms with van der Waals surface area (Å²) in [6.45, 7) is 4.60. The normalized spacial score (nSPS) is 22.9. The lowest BCUT2D eigenvalue weighted by atomic mass is 9.86. The van der Waals surface area contributed by atoms with Crippen LogP contribution in [0.3, 0.4) is 0 Å². The van der Waals surface area contributed by atoms with Crippen molar-refractivity contribution >= 4 is 0 Å². The number of aromatic nitrogens is 4. The van der Waals surface area contributed by atoms with Crippen molar-refractivity contribution in [3.05, 3.63) is 24.9 Å². The molecule has 0 amide bonds. The van der Waals surface area contributed by atoms with E-state index in [1.165, 1.54) is 6.42 Å². The zero-order valence-corrected chi connectivity index (χ0v) is 12.8. The SMILES string of the molecule is CC(C)n1cncc1-c1nccn1[C@@H]1CCC[C@@H](CO)C1. The smallest absolute Gasteiger partial charge is 0.158 e. The van der Waals surface area contributed by atoms with Crippen LogP contribution in [0.4, 0.5) is 0 Å². The zero-order valence-electron chi connectivity index (χ0n) is 12.8. The fraction of sp³-hybridized carbons (Fsp3) is 0.625. The van der Waals surface area contributed by atoms with E-state index in [0.29, 0.717) is 24.6 Å². The van der Waals surface area contributed by atoms with E-state index < -0.39 is 0 Å². The summed E-state index contributed by atoms with van der Waals surface area (Å²) in [5.74, 6) is 1.42. The predicted molar refractivity (Wildman–Crippen MR) is 81.9 cm³/mol. The van der Waals surface area contributed by atoms with E-state index in [-0.39, 0.29) is 0 Å². The van der Waals surface area contributed by atoms with Crippen molar-refractivity contribution in [1.29, 1.82) is 0 Å². The summed E-state index contributed by atoms with van der Waals surface area (Å²) >= 11 is 0. The fourth-order valence-corrected chi connectivity index (χ4v) is 3.38. The maximum absolute atomic E-state index is 9.44. The molecule has 1 fully saturated rings. The number of nitrogens with zero attached hydrogens (tertiary/aromatic N) is 4. The Bertz CT molecular complexity index is 587. The molecule has 0 aliphatic heterocycles. The molecule has 114 valence electrons. The van der Waals surface area contributed by atoms with Crippen LogP contribution in [-0.2, 0) is 0 Å². The number of aliphatic hydroxyl groups is 1. The Kier molecular flexibility index (Phi) is 4.10. The number of hydrogen-bond donors (Lipinski definition) is 1. The molecule has 0 radical (unpaired) electrons. The van der Waals surface area contributed by atoms with Gasteiger partial charge >= 0.3 is 0 Å². The molecule has 1 aliphatic rings. The standard InChI is InChI=1S/C16H24N4O/c1-12(2)20-11-17-9-15(20)16-18-6-7-19(16)14-5-3-4-13(8-14)10-21/h6-7,9,11-14,21H,3-5,8,10H2,1-2H3/t13-,14-/m1/s1. The van der Waals surface area contributed by atoms with Crippen molar-refractivity contribution in [2.24, 2.45) is 5.92 Å². The van der Waals surface area contributed by atoms with Gasteiger partial charge in [-0.05, 0) is 39.0 Å². The fourth-order valence-electron chi connectivity index (χ4n) is 3.38. The van der Waals surface area contributed by atoms with Crippen LogP contribution in [0.5, 0.6) is 0 Å². The topological polar surface area (TPSA) is 55.9 Å². The predicted octanol–water partition coefficient (Wildman–Crippen LogP) is 3.05. The van der Waals surface area contributed by atoms with Gasteiger partial charge in [-0.2, -0.15) is 0 Å². The van der Waals surface area contributed by atoms with E-state index in [1.807, 2.05) is 18.7 Å². The Morgan fingerprint density at radius 3 is 3.00 bits per heavy atom. The molecular formula is C16H24N4O. The van der Waals surface area contributed by atoms with E-state index in [9.17, 15) is 5.11 Å². The lowest BCUT2D eigenvalue weighted by molar-refractivity contribution is 0.163. The van der Waals surface area contributed by atoms with Gasteiger partial charge in [0.1, 0.15) is 5.69 Å². The van der Waals surface area contributed by atoms with Crippen LogP contribution in [0, 0.1) is 5.92 Å². The van der Waals surface area contributed by atoms with E-state index >= 15 is 0 Å². The zero-order chi connectivity index (χ0) is 14.8. The molecule has 0 bridgehead atoms. The molecule has 1 saturated carbocycles. The molecule has 0 aromatic carbocycles. The molecule has 0 saturated heterocycles. The minimum Gasteiger partial charge on any atom is -0.396 e. The lowest BCUT2D eigenvalue weighted by Crippen LogP contribution is -2.22. The van der Waals surface area contributed by atoms with E-state index in [0.717, 1.165) is 30.8 Å². The molecule has 1 aliphatic carbocycles. The molecule has 2 aromatic heterocycles. The Hall–Kier alpha value is -1.62. The minimum atomic E-state index is 0.296. The summed E-state index contributed by atoms with van der Waals surface area (Å²) in [6.07, 6.45) is 12.2. The highest BCUT2D eigenvalue weighted by Gasteiger charge is 2.25. The summed E-state index contributed by atoms with van der Waals surface area (Å²) in [4.78, 5) is 8.85. The van der Waals surface area contributed by atoms with Crippen molar-refractivity contribution < 1.29 is 5.11 Å². The summed E-state index contributed by atoms with van der Waals surface area (Å²) < 4.78 is 4.43. The first kappa shape index (κ1) is 14.3. The molecule has 2 atom stereocenters. The van der Waals surface area contributed by atoms with Gasteiger partial charge in [-0.3, -0.25) is 0 Å². The second kappa shape index (κ2) is 6.02. The molecule has 0 unspecified atom stereocenters. The average molecular weight is 288 g/mol. The first-order chi connectivity index (χ1) is 10.2. The van der Waals surface area contributed by atoms with Crippen LogP contribution in [0.2, 0.25) is 0 Å². The van der Waals surface area contributed by atoms with Gasteiger partial charge in [0.25, 0.3) is 0 Å². The monoisotopic (exact) mass is 288 g/mol. The molecule has 0 spiro atoms. The van der Waals surface area contributed by atoms with E-state index in [2.05, 4.69) is 39.1 Å². The summed E-state index contributed by atoms with van der Waals surface area (Å²) in [7, 11) is 0. The molecule has 5 nitrogen and oxygen atoms in total. The van der Waals surface area contributed by atoms with Gasteiger partial charge in [-0.1, -0.05) is 6.42 Å². The molecular weight excluding hydrogens is 264 g/mol. The van der Waals surface area contributed by atoms with Crippen LogP contribution < -0.4 is 0 Å². The molecule has 2 aromatic rings. The second-order valence-electron chi connectivity index (χ2n) is 6.31. The Balaban J connectivity index is 1.92. The molecule has 21 heavy (non-hydrogen) atoms. The molecule has 3 rings (SSSR count). The van der Waals surface area contributed by atoms with Crippen LogP contribution in [0.1, 0.15) is 51.6 Å². The lowest BCUT2D eigenvalue weighted by Gasteiger charge is -2.30. The van der Waals surface area contributed by atoms with Gasteiger partial charge in [0.15, 0.2) is 5.82 Å². The summed E-state index contributed by atoms with van der Waals surface area (Å²) in [5, 5.41) is 9.44. The van der Waals surface area contributed by atoms with Crippen LogP contribution >= 0.6 is 0 Å². The highest BCUT2D eigenvalue weighted by molar-refractivity contribution is 5.49. The average Bonchev–Trinajstić information content (AvgIpc) is 3.15. The van der Waals surface area contributed by atoms with Crippen LogP contribution in [-0.4, -0.2) is 30.8 Å². The molecule has 5 heteroatoms. The van der Waals surface area contributed by atoms with Gasteiger partial charge in [-0.25, -0.2) is 9.97 Å². The van der Waals surface area contributed by atoms with Crippen molar-refractivity contribution in [3.8, 4) is 11.5 Å². The van der Waals surface area contributed by atoms with Gasteiger partial charge in [0.2, 0.25) is 0 Å². The van der Waals surface area contributed by atoms with Crippen molar-refractivity contribution in [3.63, 3.8) is 0 Å². The van der Waals surface area contributed by atoms with Gasteiger partial charge in [-0.15, -0.1) is 0 Å². The first-order valence-corrected chi connectivity index (χ1v) is 7.86. The highest BCUT2D eigenvalue weighted by atomic mass is 16.3. The third kappa shape index (κ3) is 2.75. The Labute approximate surface area is 125 Å². The van der Waals surface area contributed by atoms with Gasteiger partial charge in [0, 0.05) is 31.1 Å². The largest absolute Gasteiger partial charge is 0.396 e. The number of rotatable bonds is 4. The number of hydrogen-bond acceptors (Lipinski definition) is 3. The Morgan fingerprint density at radius 1 is 1.38 bits per heavy atom. The van der Waals surface area contributed by atoms with E-state index in [4.69, 9.17) is 0 Å². The summed E-state index contributed by atoms with van der Waals surface area (Å²) in [5.41, 5.74) is 1.07. The van der Waals surface area contributed by atoms with Crippen molar-refractivity contribution in [1.82, 2.24) is 19.1 Å². The molecule has 2 heterocycles. The van der Waals surface area contributed by atoms with Crippen LogP contribution in [0.25, 0.3) is 11.5 Å². The van der Waals surface area contributed by atoms with Crippen molar-refractivity contribution in [2.45, 2.75) is 51.6 Å². The van der Waals surface area contributed by atoms with Gasteiger partial charge in [0.05, 0.1) is 12.5 Å². The first-order valence-electron chi connectivity index (χ1n) is 7.86. The van der Waals surface area contributed by atoms with Crippen LogP contribution in [0.15, 0.2) is 24.9 Å². The third-order valence-electron chi connectivity index (χ3n) is 4.53. The quantitative estimate of drug-likeness (QED) is 0.940. The molecule has 1 N–H and O–H groups in total.